The molecule has 3 nitrogen and oxygen atoms in total. The lowest BCUT2D eigenvalue weighted by Gasteiger charge is -2.11. The SMILES string of the molecule is CCCC(O)CNC(=O)c1ccc(F)cc1I. The van der Waals surface area contributed by atoms with E-state index in [4.69, 9.17) is 0 Å². The van der Waals surface area contributed by atoms with Crippen LogP contribution in [0.3, 0.4) is 0 Å². The molecule has 1 unspecified atom stereocenters. The maximum Gasteiger partial charge on any atom is 0.252 e. The first-order valence-corrected chi connectivity index (χ1v) is 6.53. The van der Waals surface area contributed by atoms with Crippen molar-refractivity contribution in [2.24, 2.45) is 0 Å². The molecular weight excluding hydrogens is 336 g/mol. The highest BCUT2D eigenvalue weighted by Gasteiger charge is 2.11. The third kappa shape index (κ3) is 4.59. The molecular formula is C12H15FINO2. The number of halogens is 2. The van der Waals surface area contributed by atoms with Gasteiger partial charge in [-0.3, -0.25) is 4.79 Å². The fourth-order valence-corrected chi connectivity index (χ4v) is 2.14. The van der Waals surface area contributed by atoms with Crippen molar-refractivity contribution in [2.75, 3.05) is 6.54 Å². The zero-order valence-electron chi connectivity index (χ0n) is 9.54. The summed E-state index contributed by atoms with van der Waals surface area (Å²) in [5, 5.41) is 12.1. The van der Waals surface area contributed by atoms with Gasteiger partial charge in [0.15, 0.2) is 0 Å². The standard InChI is InChI=1S/C12H15FINO2/c1-2-3-9(16)7-15-12(17)10-5-4-8(13)6-11(10)14/h4-6,9,16H,2-3,7H2,1H3,(H,15,17). The Morgan fingerprint density at radius 2 is 2.29 bits per heavy atom. The summed E-state index contributed by atoms with van der Waals surface area (Å²) in [5.41, 5.74) is 0.427. The zero-order chi connectivity index (χ0) is 12.8. The summed E-state index contributed by atoms with van der Waals surface area (Å²) in [4.78, 5) is 11.7. The van der Waals surface area contributed by atoms with E-state index in [9.17, 15) is 14.3 Å². The normalized spacial score (nSPS) is 12.2. The van der Waals surface area contributed by atoms with Gasteiger partial charge in [0, 0.05) is 10.1 Å². The Balaban J connectivity index is 2.58. The molecule has 0 radical (unpaired) electrons. The van der Waals surface area contributed by atoms with Gasteiger partial charge in [-0.05, 0) is 47.2 Å². The lowest BCUT2D eigenvalue weighted by molar-refractivity contribution is 0.0909. The van der Waals surface area contributed by atoms with Gasteiger partial charge in [0.1, 0.15) is 5.82 Å². The Morgan fingerprint density at radius 3 is 2.88 bits per heavy atom. The van der Waals surface area contributed by atoms with Crippen LogP contribution in [0.2, 0.25) is 0 Å². The number of hydrogen-bond donors (Lipinski definition) is 2. The number of carbonyl (C=O) groups is 1. The highest BCUT2D eigenvalue weighted by molar-refractivity contribution is 14.1. The maximum absolute atomic E-state index is 12.8. The molecule has 1 aromatic rings. The summed E-state index contributed by atoms with van der Waals surface area (Å²) in [7, 11) is 0. The number of amides is 1. The highest BCUT2D eigenvalue weighted by Crippen LogP contribution is 2.13. The summed E-state index contributed by atoms with van der Waals surface area (Å²) < 4.78 is 13.4. The van der Waals surface area contributed by atoms with Crippen LogP contribution >= 0.6 is 22.6 Å². The second-order valence-electron chi connectivity index (χ2n) is 3.78. The minimum Gasteiger partial charge on any atom is -0.391 e. The Bertz CT molecular complexity index is 398. The summed E-state index contributed by atoms with van der Waals surface area (Å²) in [6.07, 6.45) is 0.994. The van der Waals surface area contributed by atoms with E-state index in [2.05, 4.69) is 5.32 Å². The molecule has 1 aromatic carbocycles. The van der Waals surface area contributed by atoms with Crippen LogP contribution in [0.15, 0.2) is 18.2 Å². The van der Waals surface area contributed by atoms with Crippen LogP contribution in [0.25, 0.3) is 0 Å². The Hall–Kier alpha value is -0.690. The number of rotatable bonds is 5. The molecule has 1 atom stereocenters. The average molecular weight is 351 g/mol. The molecule has 0 aliphatic carbocycles. The quantitative estimate of drug-likeness (QED) is 0.800. The lowest BCUT2D eigenvalue weighted by Crippen LogP contribution is -2.32. The molecule has 0 spiro atoms. The highest BCUT2D eigenvalue weighted by atomic mass is 127. The van der Waals surface area contributed by atoms with Gasteiger partial charge < -0.3 is 10.4 Å². The average Bonchev–Trinajstić information content (AvgIpc) is 2.26. The predicted octanol–water partition coefficient (Wildman–Crippen LogP) is 2.32. The molecule has 0 saturated heterocycles. The molecule has 0 aromatic heterocycles. The number of aliphatic hydroxyl groups is 1. The van der Waals surface area contributed by atoms with E-state index in [0.717, 1.165) is 6.42 Å². The summed E-state index contributed by atoms with van der Waals surface area (Å²) in [6.45, 7) is 2.19. The topological polar surface area (TPSA) is 49.3 Å². The first-order valence-electron chi connectivity index (χ1n) is 5.46. The van der Waals surface area contributed by atoms with E-state index >= 15 is 0 Å². The second-order valence-corrected chi connectivity index (χ2v) is 4.94. The first-order chi connectivity index (χ1) is 8.04. The molecule has 94 valence electrons. The fourth-order valence-electron chi connectivity index (χ4n) is 1.41. The molecule has 0 saturated carbocycles. The van der Waals surface area contributed by atoms with E-state index in [1.54, 1.807) is 0 Å². The van der Waals surface area contributed by atoms with Crippen LogP contribution in [0.1, 0.15) is 30.1 Å². The predicted molar refractivity (Wildman–Crippen MR) is 72.4 cm³/mol. The van der Waals surface area contributed by atoms with Crippen molar-refractivity contribution in [3.8, 4) is 0 Å². The molecule has 0 fully saturated rings. The lowest BCUT2D eigenvalue weighted by atomic mass is 10.2. The van der Waals surface area contributed by atoms with Gasteiger partial charge in [-0.15, -0.1) is 0 Å². The monoisotopic (exact) mass is 351 g/mol. The van der Waals surface area contributed by atoms with Crippen LogP contribution in [-0.4, -0.2) is 23.7 Å². The molecule has 2 N–H and O–H groups in total. The number of carbonyl (C=O) groups excluding carboxylic acids is 1. The fraction of sp³-hybridized carbons (Fsp3) is 0.417. The molecule has 5 heteroatoms. The third-order valence-electron chi connectivity index (χ3n) is 2.30. The minimum absolute atomic E-state index is 0.222. The van der Waals surface area contributed by atoms with Crippen molar-refractivity contribution >= 4 is 28.5 Å². The maximum atomic E-state index is 12.8. The van der Waals surface area contributed by atoms with Crippen molar-refractivity contribution in [3.63, 3.8) is 0 Å². The van der Waals surface area contributed by atoms with Crippen LogP contribution in [-0.2, 0) is 0 Å². The van der Waals surface area contributed by atoms with Crippen LogP contribution in [0.5, 0.6) is 0 Å². The van der Waals surface area contributed by atoms with Crippen molar-refractivity contribution in [1.29, 1.82) is 0 Å². The number of hydrogen-bond acceptors (Lipinski definition) is 2. The molecule has 0 bridgehead atoms. The van der Waals surface area contributed by atoms with Crippen LogP contribution in [0, 0.1) is 9.39 Å². The van der Waals surface area contributed by atoms with E-state index in [0.29, 0.717) is 15.6 Å². The van der Waals surface area contributed by atoms with Gasteiger partial charge in [-0.2, -0.15) is 0 Å². The van der Waals surface area contributed by atoms with Gasteiger partial charge in [0.2, 0.25) is 0 Å². The van der Waals surface area contributed by atoms with Crippen molar-refractivity contribution in [3.05, 3.63) is 33.1 Å². The van der Waals surface area contributed by atoms with Gasteiger partial charge in [0.05, 0.1) is 11.7 Å². The van der Waals surface area contributed by atoms with E-state index in [-0.39, 0.29) is 18.3 Å². The smallest absolute Gasteiger partial charge is 0.252 e. The molecule has 1 rings (SSSR count). The van der Waals surface area contributed by atoms with Crippen LogP contribution in [0.4, 0.5) is 4.39 Å². The zero-order valence-corrected chi connectivity index (χ0v) is 11.7. The largest absolute Gasteiger partial charge is 0.391 e. The third-order valence-corrected chi connectivity index (χ3v) is 3.19. The minimum atomic E-state index is -0.526. The summed E-state index contributed by atoms with van der Waals surface area (Å²) in [6, 6.07) is 4.00. The molecule has 0 aliphatic rings. The number of aliphatic hydroxyl groups excluding tert-OH is 1. The number of nitrogens with one attached hydrogen (secondary N) is 1. The van der Waals surface area contributed by atoms with Crippen LogP contribution < -0.4 is 5.32 Å². The van der Waals surface area contributed by atoms with E-state index in [1.165, 1.54) is 18.2 Å². The van der Waals surface area contributed by atoms with Gasteiger partial charge in [0.25, 0.3) is 5.91 Å². The van der Waals surface area contributed by atoms with Gasteiger partial charge >= 0.3 is 0 Å². The van der Waals surface area contributed by atoms with Crippen molar-refractivity contribution in [1.82, 2.24) is 5.32 Å². The van der Waals surface area contributed by atoms with Crippen molar-refractivity contribution < 1.29 is 14.3 Å². The molecule has 1 amide bonds. The molecule has 0 heterocycles. The van der Waals surface area contributed by atoms with E-state index in [1.807, 2.05) is 29.5 Å². The van der Waals surface area contributed by atoms with E-state index < -0.39 is 6.10 Å². The second kappa shape index (κ2) is 6.90. The van der Waals surface area contributed by atoms with Crippen molar-refractivity contribution in [2.45, 2.75) is 25.9 Å². The molecule has 0 aliphatic heterocycles. The Morgan fingerprint density at radius 1 is 1.59 bits per heavy atom. The molecule has 17 heavy (non-hydrogen) atoms. The van der Waals surface area contributed by atoms with Gasteiger partial charge in [-0.25, -0.2) is 4.39 Å². The number of benzene rings is 1. The first kappa shape index (κ1) is 14.4. The Kier molecular flexibility index (Phi) is 5.84. The van der Waals surface area contributed by atoms with Gasteiger partial charge in [-0.1, -0.05) is 13.3 Å². The summed E-state index contributed by atoms with van der Waals surface area (Å²) in [5.74, 6) is -0.651. The Labute approximate surface area is 114 Å². The summed E-state index contributed by atoms with van der Waals surface area (Å²) >= 11 is 1.91.